The average molecular weight is 460 g/mol. The third kappa shape index (κ3) is 2.92. The molecule has 0 saturated heterocycles. The first-order valence-corrected chi connectivity index (χ1v) is 11.9. The zero-order chi connectivity index (χ0) is 22.3. The van der Waals surface area contributed by atoms with E-state index in [1.807, 2.05) is 12.1 Å². The summed E-state index contributed by atoms with van der Waals surface area (Å²) in [4.78, 5) is 3.14. The fourth-order valence-corrected chi connectivity index (χ4v) is 6.86. The Kier molecular flexibility index (Phi) is 4.14. The summed E-state index contributed by atoms with van der Waals surface area (Å²) in [6.07, 6.45) is 1.14. The van der Waals surface area contributed by atoms with Crippen molar-refractivity contribution in [2.75, 3.05) is 0 Å². The molecule has 2 aliphatic heterocycles. The maximum atomic E-state index is 13.7. The monoisotopic (exact) mass is 460 g/mol. The molecule has 32 heavy (non-hydrogen) atoms. The summed E-state index contributed by atoms with van der Waals surface area (Å²) < 4.78 is 67.7. The number of hydrogen-bond acceptors (Lipinski definition) is 4. The molecule has 2 bridgehead atoms. The van der Waals surface area contributed by atoms with Crippen molar-refractivity contribution in [1.29, 1.82) is 0 Å². The van der Waals surface area contributed by atoms with Gasteiger partial charge in [0.15, 0.2) is 0 Å². The number of benzene rings is 1. The van der Waals surface area contributed by atoms with Crippen molar-refractivity contribution in [2.24, 2.45) is 0 Å². The molecular formula is C22H19F3N4O2S. The van der Waals surface area contributed by atoms with Crippen LogP contribution in [0.25, 0.3) is 0 Å². The number of hydrogen-bond donors (Lipinski definition) is 1. The number of pyridine rings is 1. The first-order valence-electron chi connectivity index (χ1n) is 10.5. The molecule has 166 valence electrons. The zero-order valence-electron chi connectivity index (χ0n) is 16.8. The molecule has 0 amide bonds. The Morgan fingerprint density at radius 2 is 1.78 bits per heavy atom. The number of alkyl halides is 3. The Hall–Kier alpha value is -2.72. The van der Waals surface area contributed by atoms with E-state index in [1.54, 1.807) is 6.20 Å². The lowest BCUT2D eigenvalue weighted by Crippen LogP contribution is -2.51. The summed E-state index contributed by atoms with van der Waals surface area (Å²) in [5.74, 6) is 0.525. The van der Waals surface area contributed by atoms with E-state index < -0.39 is 27.9 Å². The van der Waals surface area contributed by atoms with E-state index in [0.29, 0.717) is 18.8 Å². The molecule has 1 fully saturated rings. The van der Waals surface area contributed by atoms with Gasteiger partial charge in [-0.25, -0.2) is 8.42 Å². The standard InChI is InChI=1S/C22H19F3N4O2S/c23-22(24,25)20-7-6-14(10-26-20)32(30,31)29-13-8-17-15(12-4-5-12)2-1-3-16(17)21(29)18-11-27-28-19(18)9-13/h1-3,6-7,10-13,21H,4-5,8-9H2,(H,27,28). The van der Waals surface area contributed by atoms with E-state index in [2.05, 4.69) is 21.2 Å². The Morgan fingerprint density at radius 3 is 2.47 bits per heavy atom. The Labute approximate surface area is 182 Å². The van der Waals surface area contributed by atoms with Crippen LogP contribution in [0, 0.1) is 0 Å². The van der Waals surface area contributed by atoms with E-state index >= 15 is 0 Å². The number of aromatic nitrogens is 3. The van der Waals surface area contributed by atoms with E-state index in [0.717, 1.165) is 48.0 Å². The van der Waals surface area contributed by atoms with E-state index in [4.69, 9.17) is 0 Å². The molecule has 4 heterocycles. The van der Waals surface area contributed by atoms with Gasteiger partial charge in [0.2, 0.25) is 10.0 Å². The van der Waals surface area contributed by atoms with Gasteiger partial charge in [-0.05, 0) is 54.0 Å². The number of nitrogens with one attached hydrogen (secondary N) is 1. The fourth-order valence-electron chi connectivity index (χ4n) is 5.15. The van der Waals surface area contributed by atoms with E-state index in [-0.39, 0.29) is 10.9 Å². The molecule has 2 unspecified atom stereocenters. The summed E-state index contributed by atoms with van der Waals surface area (Å²) >= 11 is 0. The SMILES string of the molecule is O=S(=O)(c1ccc(C(F)(F)F)nc1)N1C2Cc3[nH]ncc3C1c1cccc(C3CC3)c1C2. The highest BCUT2D eigenvalue weighted by Gasteiger charge is 2.49. The summed E-state index contributed by atoms with van der Waals surface area (Å²) in [5, 5.41) is 7.14. The van der Waals surface area contributed by atoms with Gasteiger partial charge in [-0.15, -0.1) is 0 Å². The van der Waals surface area contributed by atoms with Gasteiger partial charge in [0.25, 0.3) is 0 Å². The quantitative estimate of drug-likeness (QED) is 0.642. The van der Waals surface area contributed by atoms with Gasteiger partial charge in [0.1, 0.15) is 10.6 Å². The number of nitrogens with zero attached hydrogens (tertiary/aromatic N) is 3. The summed E-state index contributed by atoms with van der Waals surface area (Å²) in [6, 6.07) is 6.84. The minimum absolute atomic E-state index is 0.241. The van der Waals surface area contributed by atoms with Gasteiger partial charge in [0.05, 0.1) is 12.2 Å². The van der Waals surface area contributed by atoms with Crippen molar-refractivity contribution in [3.63, 3.8) is 0 Å². The van der Waals surface area contributed by atoms with Gasteiger partial charge >= 0.3 is 6.18 Å². The molecule has 1 N–H and O–H groups in total. The number of halogens is 3. The van der Waals surface area contributed by atoms with Crippen LogP contribution in [0.1, 0.15) is 58.4 Å². The summed E-state index contributed by atoms with van der Waals surface area (Å²) in [7, 11) is -4.10. The second-order valence-electron chi connectivity index (χ2n) is 8.67. The van der Waals surface area contributed by atoms with Crippen LogP contribution in [0.2, 0.25) is 0 Å². The third-order valence-corrected chi connectivity index (χ3v) is 8.60. The van der Waals surface area contributed by atoms with Crippen LogP contribution < -0.4 is 0 Å². The largest absolute Gasteiger partial charge is 0.433 e. The van der Waals surface area contributed by atoms with Crippen LogP contribution in [0.3, 0.4) is 0 Å². The highest BCUT2D eigenvalue weighted by Crippen LogP contribution is 2.50. The molecule has 6 nitrogen and oxygen atoms in total. The molecule has 2 atom stereocenters. The molecule has 3 aliphatic rings. The molecule has 1 saturated carbocycles. The van der Waals surface area contributed by atoms with E-state index in [9.17, 15) is 21.6 Å². The van der Waals surface area contributed by atoms with Crippen LogP contribution in [-0.2, 0) is 29.0 Å². The molecular weight excluding hydrogens is 441 g/mol. The van der Waals surface area contributed by atoms with Gasteiger partial charge < -0.3 is 0 Å². The lowest BCUT2D eigenvalue weighted by molar-refractivity contribution is -0.141. The molecule has 1 aromatic carbocycles. The molecule has 2 aromatic heterocycles. The number of sulfonamides is 1. The number of fused-ring (bicyclic) bond motifs is 6. The average Bonchev–Trinajstić information content (AvgIpc) is 3.50. The smallest absolute Gasteiger partial charge is 0.282 e. The van der Waals surface area contributed by atoms with Gasteiger partial charge in [-0.1, -0.05) is 18.2 Å². The van der Waals surface area contributed by atoms with Crippen molar-refractivity contribution >= 4 is 10.0 Å². The molecule has 0 spiro atoms. The lowest BCUT2D eigenvalue weighted by atomic mass is 9.78. The van der Waals surface area contributed by atoms with Crippen molar-refractivity contribution in [2.45, 2.75) is 54.8 Å². The van der Waals surface area contributed by atoms with Crippen LogP contribution >= 0.6 is 0 Å². The highest BCUT2D eigenvalue weighted by atomic mass is 32.2. The van der Waals surface area contributed by atoms with Gasteiger partial charge in [-0.2, -0.15) is 22.6 Å². The Balaban J connectivity index is 1.49. The number of H-pyrrole nitrogens is 1. The number of rotatable bonds is 3. The third-order valence-electron chi connectivity index (χ3n) is 6.70. The first-order chi connectivity index (χ1) is 15.2. The minimum Gasteiger partial charge on any atom is -0.282 e. The van der Waals surface area contributed by atoms with Crippen molar-refractivity contribution in [1.82, 2.24) is 19.5 Å². The summed E-state index contributed by atoms with van der Waals surface area (Å²) in [6.45, 7) is 0. The van der Waals surface area contributed by atoms with Crippen molar-refractivity contribution in [3.05, 3.63) is 76.4 Å². The van der Waals surface area contributed by atoms with Crippen LogP contribution in [0.4, 0.5) is 13.2 Å². The predicted molar refractivity (Wildman–Crippen MR) is 108 cm³/mol. The van der Waals surface area contributed by atoms with Crippen LogP contribution in [0.15, 0.2) is 47.6 Å². The zero-order valence-corrected chi connectivity index (χ0v) is 17.6. The van der Waals surface area contributed by atoms with Gasteiger partial charge in [0, 0.05) is 29.9 Å². The molecule has 1 aliphatic carbocycles. The van der Waals surface area contributed by atoms with Crippen molar-refractivity contribution < 1.29 is 21.6 Å². The predicted octanol–water partition coefficient (Wildman–Crippen LogP) is 3.96. The number of aromatic amines is 1. The maximum absolute atomic E-state index is 13.7. The summed E-state index contributed by atoms with van der Waals surface area (Å²) in [5.41, 5.74) is 3.99. The normalized spacial score (nSPS) is 23.0. The van der Waals surface area contributed by atoms with Crippen LogP contribution in [-0.4, -0.2) is 33.9 Å². The first kappa shape index (κ1) is 19.9. The topological polar surface area (TPSA) is 79.0 Å². The highest BCUT2D eigenvalue weighted by molar-refractivity contribution is 7.89. The minimum atomic E-state index is -4.63. The Bertz CT molecular complexity index is 1310. The Morgan fingerprint density at radius 1 is 1.00 bits per heavy atom. The lowest BCUT2D eigenvalue weighted by Gasteiger charge is -2.45. The van der Waals surface area contributed by atoms with Crippen molar-refractivity contribution in [3.8, 4) is 0 Å². The van der Waals surface area contributed by atoms with Gasteiger partial charge in [-0.3, -0.25) is 10.1 Å². The maximum Gasteiger partial charge on any atom is 0.433 e. The van der Waals surface area contributed by atoms with E-state index in [1.165, 1.54) is 15.4 Å². The van der Waals surface area contributed by atoms with Crippen LogP contribution in [0.5, 0.6) is 0 Å². The molecule has 3 aromatic rings. The molecule has 10 heteroatoms. The molecule has 0 radical (unpaired) electrons. The molecule has 6 rings (SSSR count). The second kappa shape index (κ2) is 6.64. The fraction of sp³-hybridized carbons (Fsp3) is 0.364. The second-order valence-corrected chi connectivity index (χ2v) is 10.5.